The minimum Gasteiger partial charge on any atom is -0.472 e. The molecular weight excluding hydrogens is 476 g/mol. The van der Waals surface area contributed by atoms with Crippen molar-refractivity contribution in [2.75, 3.05) is 5.32 Å². The van der Waals surface area contributed by atoms with Crippen LogP contribution in [0.2, 0.25) is 4.34 Å². The molecule has 1 N–H and O–H groups in total. The number of aromatic nitrogens is 5. The molecule has 9 nitrogen and oxygen atoms in total. The summed E-state index contributed by atoms with van der Waals surface area (Å²) < 4.78 is 8.46. The summed E-state index contributed by atoms with van der Waals surface area (Å²) in [6, 6.07) is 12.1. The minimum absolute atomic E-state index is 0.215. The lowest BCUT2D eigenvalue weighted by Crippen LogP contribution is -2.22. The van der Waals surface area contributed by atoms with Crippen molar-refractivity contribution >= 4 is 34.7 Å². The van der Waals surface area contributed by atoms with Crippen LogP contribution in [-0.4, -0.2) is 30.2 Å². The first kappa shape index (κ1) is 21.8. The summed E-state index contributed by atoms with van der Waals surface area (Å²) in [6.45, 7) is 0.651. The number of pyridine rings is 1. The lowest BCUT2D eigenvalue weighted by Gasteiger charge is -2.06. The van der Waals surface area contributed by atoms with Gasteiger partial charge in [-0.3, -0.25) is 9.59 Å². The van der Waals surface area contributed by atoms with Crippen LogP contribution in [0.4, 0.5) is 5.82 Å². The summed E-state index contributed by atoms with van der Waals surface area (Å²) >= 11 is 7.46. The molecule has 34 heavy (non-hydrogen) atoms. The van der Waals surface area contributed by atoms with Crippen LogP contribution in [0.5, 0.6) is 0 Å². The fraction of sp³-hybridized carbons (Fsp3) is 0.0870. The van der Waals surface area contributed by atoms with Crippen LogP contribution in [0.15, 0.2) is 82.8 Å². The van der Waals surface area contributed by atoms with Gasteiger partial charge in [0, 0.05) is 29.5 Å². The van der Waals surface area contributed by atoms with E-state index in [2.05, 4.69) is 20.4 Å². The number of halogens is 1. The summed E-state index contributed by atoms with van der Waals surface area (Å²) in [5, 5.41) is 7.68. The van der Waals surface area contributed by atoms with Crippen LogP contribution in [0.3, 0.4) is 0 Å². The van der Waals surface area contributed by atoms with E-state index in [1.54, 1.807) is 48.9 Å². The first-order valence-corrected chi connectivity index (χ1v) is 11.4. The maximum atomic E-state index is 13.2. The molecule has 5 heterocycles. The van der Waals surface area contributed by atoms with E-state index in [0.717, 1.165) is 4.88 Å². The SMILES string of the molecule is O=C(c1ccoc1)n1nc(-c2cccn(Cc3ncccn3)c2=O)cc1NCc1ccc(Cl)s1. The third-order valence-electron chi connectivity index (χ3n) is 4.97. The topological polar surface area (TPSA) is 108 Å². The van der Waals surface area contributed by atoms with Crippen LogP contribution in [0.25, 0.3) is 11.3 Å². The predicted octanol–water partition coefficient (Wildman–Crippen LogP) is 4.16. The van der Waals surface area contributed by atoms with Gasteiger partial charge in [0.2, 0.25) is 0 Å². The largest absolute Gasteiger partial charge is 0.472 e. The Balaban J connectivity index is 1.51. The number of carbonyl (C=O) groups is 1. The molecule has 0 aromatic carbocycles. The van der Waals surface area contributed by atoms with Crippen molar-refractivity contribution in [3.8, 4) is 11.3 Å². The lowest BCUT2D eigenvalue weighted by molar-refractivity contribution is 0.0947. The molecule has 0 spiro atoms. The Morgan fingerprint density at radius 3 is 2.74 bits per heavy atom. The number of hydrogen-bond donors (Lipinski definition) is 1. The molecule has 0 aliphatic heterocycles. The molecule has 0 radical (unpaired) electrons. The molecule has 0 saturated heterocycles. The van der Waals surface area contributed by atoms with Crippen molar-refractivity contribution in [1.29, 1.82) is 0 Å². The highest BCUT2D eigenvalue weighted by Crippen LogP contribution is 2.25. The second-order valence-electron chi connectivity index (χ2n) is 7.22. The molecule has 0 fully saturated rings. The first-order chi connectivity index (χ1) is 16.6. The molecule has 5 aromatic heterocycles. The van der Waals surface area contributed by atoms with Gasteiger partial charge in [-0.2, -0.15) is 9.78 Å². The quantitative estimate of drug-likeness (QED) is 0.363. The summed E-state index contributed by atoms with van der Waals surface area (Å²) in [6.07, 6.45) is 7.68. The van der Waals surface area contributed by atoms with Crippen molar-refractivity contribution in [3.05, 3.63) is 105 Å². The van der Waals surface area contributed by atoms with Crippen molar-refractivity contribution in [3.63, 3.8) is 0 Å². The summed E-state index contributed by atoms with van der Waals surface area (Å²) in [4.78, 5) is 35.6. The van der Waals surface area contributed by atoms with Crippen LogP contribution in [-0.2, 0) is 13.1 Å². The highest BCUT2D eigenvalue weighted by atomic mass is 35.5. The van der Waals surface area contributed by atoms with E-state index in [1.807, 2.05) is 12.1 Å². The summed E-state index contributed by atoms with van der Waals surface area (Å²) in [5.74, 6) is 0.562. The van der Waals surface area contributed by atoms with E-state index in [1.165, 1.54) is 33.1 Å². The first-order valence-electron chi connectivity index (χ1n) is 10.2. The average Bonchev–Trinajstić information content (AvgIpc) is 3.61. The normalized spacial score (nSPS) is 11.0. The molecule has 0 bridgehead atoms. The van der Waals surface area contributed by atoms with Gasteiger partial charge in [-0.1, -0.05) is 11.6 Å². The number of rotatable bonds is 7. The second-order valence-corrected chi connectivity index (χ2v) is 9.02. The maximum Gasteiger partial charge on any atom is 0.283 e. The van der Waals surface area contributed by atoms with Gasteiger partial charge in [0.05, 0.1) is 34.8 Å². The highest BCUT2D eigenvalue weighted by molar-refractivity contribution is 7.16. The van der Waals surface area contributed by atoms with Gasteiger partial charge in [0.1, 0.15) is 23.6 Å². The number of carbonyl (C=O) groups excluding carboxylic acids is 1. The minimum atomic E-state index is -0.388. The van der Waals surface area contributed by atoms with Crippen LogP contribution in [0, 0.1) is 0 Å². The zero-order valence-electron chi connectivity index (χ0n) is 17.6. The molecule has 0 unspecified atom stereocenters. The van der Waals surface area contributed by atoms with Gasteiger partial charge in [-0.25, -0.2) is 9.97 Å². The Morgan fingerprint density at radius 2 is 2.00 bits per heavy atom. The van der Waals surface area contributed by atoms with Gasteiger partial charge in [0.15, 0.2) is 0 Å². The number of thiophene rings is 1. The van der Waals surface area contributed by atoms with E-state index in [9.17, 15) is 9.59 Å². The smallest absolute Gasteiger partial charge is 0.283 e. The summed E-state index contributed by atoms with van der Waals surface area (Å²) in [7, 11) is 0. The highest BCUT2D eigenvalue weighted by Gasteiger charge is 2.20. The monoisotopic (exact) mass is 492 g/mol. The average molecular weight is 493 g/mol. The molecule has 0 atom stereocenters. The maximum absolute atomic E-state index is 13.2. The molecule has 0 amide bonds. The van der Waals surface area contributed by atoms with Crippen LogP contribution < -0.4 is 10.9 Å². The molecule has 5 aromatic rings. The molecular formula is C23H17ClN6O3S. The van der Waals surface area contributed by atoms with E-state index < -0.39 is 0 Å². The number of anilines is 1. The fourth-order valence-corrected chi connectivity index (χ4v) is 4.37. The Bertz CT molecular complexity index is 1490. The van der Waals surface area contributed by atoms with E-state index >= 15 is 0 Å². The zero-order valence-corrected chi connectivity index (χ0v) is 19.2. The Hall–Kier alpha value is -4.02. The van der Waals surface area contributed by atoms with Crippen molar-refractivity contribution in [2.24, 2.45) is 0 Å². The zero-order chi connectivity index (χ0) is 23.5. The summed E-state index contributed by atoms with van der Waals surface area (Å²) in [5.41, 5.74) is 0.770. The number of hydrogen-bond acceptors (Lipinski definition) is 8. The Morgan fingerprint density at radius 1 is 1.15 bits per heavy atom. The third kappa shape index (κ3) is 4.54. The number of nitrogens with zero attached hydrogens (tertiary/aromatic N) is 5. The standard InChI is InChI=1S/C23H17ClN6O3S/c24-19-5-4-16(34-19)12-27-21-11-18(28-30(21)22(31)15-6-10-33-14-15)17-3-1-9-29(23(17)32)13-20-25-7-2-8-26-20/h1-11,14,27H,12-13H2. The van der Waals surface area contributed by atoms with Gasteiger partial charge in [-0.15, -0.1) is 11.3 Å². The molecule has 170 valence electrons. The van der Waals surface area contributed by atoms with Crippen molar-refractivity contribution < 1.29 is 9.21 Å². The van der Waals surface area contributed by atoms with E-state index in [4.69, 9.17) is 16.0 Å². The van der Waals surface area contributed by atoms with Gasteiger partial charge < -0.3 is 14.3 Å². The van der Waals surface area contributed by atoms with Crippen molar-refractivity contribution in [2.45, 2.75) is 13.1 Å². The van der Waals surface area contributed by atoms with Crippen molar-refractivity contribution in [1.82, 2.24) is 24.3 Å². The number of furan rings is 1. The number of nitrogens with one attached hydrogen (secondary N) is 1. The lowest BCUT2D eigenvalue weighted by atomic mass is 10.2. The van der Waals surface area contributed by atoms with Crippen LogP contribution in [0.1, 0.15) is 21.1 Å². The molecule has 5 rings (SSSR count). The van der Waals surface area contributed by atoms with E-state index in [-0.39, 0.29) is 18.0 Å². The Kier molecular flexibility index (Phi) is 6.07. The van der Waals surface area contributed by atoms with Gasteiger partial charge >= 0.3 is 0 Å². The van der Waals surface area contributed by atoms with Gasteiger partial charge in [-0.05, 0) is 36.4 Å². The fourth-order valence-electron chi connectivity index (χ4n) is 3.35. The molecule has 0 aliphatic carbocycles. The second kappa shape index (κ2) is 9.46. The third-order valence-corrected chi connectivity index (χ3v) is 6.20. The Labute approximate surface area is 202 Å². The predicted molar refractivity (Wildman–Crippen MR) is 128 cm³/mol. The van der Waals surface area contributed by atoms with Gasteiger partial charge in [0.25, 0.3) is 11.5 Å². The van der Waals surface area contributed by atoms with E-state index in [0.29, 0.717) is 39.3 Å². The molecule has 0 aliphatic rings. The molecule has 11 heteroatoms. The van der Waals surface area contributed by atoms with Crippen LogP contribution >= 0.6 is 22.9 Å². The molecule has 0 saturated carbocycles.